The molecule has 0 aliphatic heterocycles. The molecule has 1 amide bonds. The predicted molar refractivity (Wildman–Crippen MR) is 120 cm³/mol. The first kappa shape index (κ1) is 23.1. The summed E-state index contributed by atoms with van der Waals surface area (Å²) in [5.41, 5.74) is 1.64. The highest BCUT2D eigenvalue weighted by Crippen LogP contribution is 2.30. The van der Waals surface area contributed by atoms with E-state index < -0.39 is 0 Å². The van der Waals surface area contributed by atoms with Crippen molar-refractivity contribution in [1.29, 1.82) is 0 Å². The van der Waals surface area contributed by atoms with Gasteiger partial charge in [0.2, 0.25) is 0 Å². The summed E-state index contributed by atoms with van der Waals surface area (Å²) in [5, 5.41) is 6.66. The Kier molecular flexibility index (Phi) is 8.02. The summed E-state index contributed by atoms with van der Waals surface area (Å²) in [7, 11) is 0. The SMILES string of the molecule is CCCOc1ccc(C(=O)c2ccccc2C(=O)NCc2cc(C)on2)cc1OCCC. The fourth-order valence-electron chi connectivity index (χ4n) is 3.11. The van der Waals surface area contributed by atoms with Gasteiger partial charge >= 0.3 is 0 Å². The van der Waals surface area contributed by atoms with Crippen LogP contribution in [0, 0.1) is 6.92 Å². The van der Waals surface area contributed by atoms with Crippen molar-refractivity contribution in [2.24, 2.45) is 0 Å². The maximum Gasteiger partial charge on any atom is 0.252 e. The summed E-state index contributed by atoms with van der Waals surface area (Å²) in [4.78, 5) is 26.1. The van der Waals surface area contributed by atoms with Crippen LogP contribution in [0.5, 0.6) is 11.5 Å². The first-order chi connectivity index (χ1) is 15.5. The fourth-order valence-corrected chi connectivity index (χ4v) is 3.11. The van der Waals surface area contributed by atoms with E-state index in [0.29, 0.717) is 52.9 Å². The highest BCUT2D eigenvalue weighted by atomic mass is 16.5. The molecule has 7 nitrogen and oxygen atoms in total. The Balaban J connectivity index is 1.83. The molecule has 1 N–H and O–H groups in total. The summed E-state index contributed by atoms with van der Waals surface area (Å²) in [5.74, 6) is 1.16. The lowest BCUT2D eigenvalue weighted by Crippen LogP contribution is -2.25. The van der Waals surface area contributed by atoms with Gasteiger partial charge in [-0.25, -0.2) is 0 Å². The molecule has 3 rings (SSSR count). The number of hydrogen-bond donors (Lipinski definition) is 1. The maximum absolute atomic E-state index is 13.3. The number of ether oxygens (including phenoxy) is 2. The fraction of sp³-hybridized carbons (Fsp3) is 0.320. The molecule has 0 saturated heterocycles. The Labute approximate surface area is 187 Å². The van der Waals surface area contributed by atoms with Crippen molar-refractivity contribution >= 4 is 11.7 Å². The molecule has 3 aromatic rings. The highest BCUT2D eigenvalue weighted by Gasteiger charge is 2.20. The van der Waals surface area contributed by atoms with Crippen molar-refractivity contribution in [3.63, 3.8) is 0 Å². The van der Waals surface area contributed by atoms with Gasteiger partial charge in [0.05, 0.1) is 25.3 Å². The lowest BCUT2D eigenvalue weighted by molar-refractivity contribution is 0.0939. The van der Waals surface area contributed by atoms with Crippen molar-refractivity contribution in [2.75, 3.05) is 13.2 Å². The van der Waals surface area contributed by atoms with Gasteiger partial charge < -0.3 is 19.3 Å². The number of aryl methyl sites for hydroxylation is 1. The van der Waals surface area contributed by atoms with E-state index >= 15 is 0 Å². The van der Waals surface area contributed by atoms with Gasteiger partial charge in [0.25, 0.3) is 5.91 Å². The first-order valence-electron chi connectivity index (χ1n) is 10.8. The molecule has 168 valence electrons. The Bertz CT molecular complexity index is 1070. The van der Waals surface area contributed by atoms with Gasteiger partial charge in [0, 0.05) is 17.2 Å². The number of nitrogens with zero attached hydrogens (tertiary/aromatic N) is 1. The number of nitrogens with one attached hydrogen (secondary N) is 1. The van der Waals surface area contributed by atoms with Crippen LogP contribution in [0.1, 0.15) is 64.4 Å². The molecular weight excluding hydrogens is 408 g/mol. The van der Waals surface area contributed by atoms with E-state index in [1.807, 2.05) is 13.8 Å². The van der Waals surface area contributed by atoms with Crippen LogP contribution < -0.4 is 14.8 Å². The number of hydrogen-bond acceptors (Lipinski definition) is 6. The van der Waals surface area contributed by atoms with E-state index in [1.165, 1.54) is 0 Å². The van der Waals surface area contributed by atoms with Crippen LogP contribution in [-0.2, 0) is 6.54 Å². The summed E-state index contributed by atoms with van der Waals surface area (Å²) in [6.07, 6.45) is 1.70. The van der Waals surface area contributed by atoms with Gasteiger partial charge in [0.1, 0.15) is 11.5 Å². The first-order valence-corrected chi connectivity index (χ1v) is 10.8. The second-order valence-electron chi connectivity index (χ2n) is 7.34. The average Bonchev–Trinajstić information content (AvgIpc) is 3.24. The van der Waals surface area contributed by atoms with Gasteiger partial charge in [-0.3, -0.25) is 9.59 Å². The molecule has 0 unspecified atom stereocenters. The smallest absolute Gasteiger partial charge is 0.252 e. The lowest BCUT2D eigenvalue weighted by Gasteiger charge is -2.14. The number of rotatable bonds is 11. The van der Waals surface area contributed by atoms with Crippen LogP contribution >= 0.6 is 0 Å². The second-order valence-corrected chi connectivity index (χ2v) is 7.34. The summed E-state index contributed by atoms with van der Waals surface area (Å²) in [6.45, 7) is 7.10. The van der Waals surface area contributed by atoms with E-state index in [-0.39, 0.29) is 18.2 Å². The van der Waals surface area contributed by atoms with Crippen molar-refractivity contribution in [1.82, 2.24) is 10.5 Å². The molecule has 2 aromatic carbocycles. The summed E-state index contributed by atoms with van der Waals surface area (Å²) >= 11 is 0. The van der Waals surface area contributed by atoms with Crippen LogP contribution in [0.15, 0.2) is 53.1 Å². The minimum absolute atomic E-state index is 0.206. The van der Waals surface area contributed by atoms with E-state index in [4.69, 9.17) is 14.0 Å². The maximum atomic E-state index is 13.3. The number of ketones is 1. The second kappa shape index (κ2) is 11.1. The Hall–Kier alpha value is -3.61. The van der Waals surface area contributed by atoms with Crippen LogP contribution in [0.3, 0.4) is 0 Å². The standard InChI is InChI=1S/C25H28N2O5/c1-4-12-30-22-11-10-18(15-23(22)31-13-5-2)24(28)20-8-6-7-9-21(20)25(29)26-16-19-14-17(3)32-27-19/h6-11,14-15H,4-5,12-13,16H2,1-3H3,(H,26,29). The number of aromatic nitrogens is 1. The van der Waals surface area contributed by atoms with E-state index in [2.05, 4.69) is 10.5 Å². The van der Waals surface area contributed by atoms with Gasteiger partial charge in [-0.2, -0.15) is 0 Å². The Morgan fingerprint density at radius 3 is 2.28 bits per heavy atom. The third kappa shape index (κ3) is 5.75. The van der Waals surface area contributed by atoms with Gasteiger partial charge in [-0.05, 0) is 44.0 Å². The molecule has 7 heteroatoms. The van der Waals surface area contributed by atoms with Crippen LogP contribution in [0.4, 0.5) is 0 Å². The average molecular weight is 437 g/mol. The van der Waals surface area contributed by atoms with Crippen molar-refractivity contribution < 1.29 is 23.6 Å². The van der Waals surface area contributed by atoms with E-state index in [1.54, 1.807) is 55.5 Å². The number of benzene rings is 2. The normalized spacial score (nSPS) is 10.6. The largest absolute Gasteiger partial charge is 0.490 e. The van der Waals surface area contributed by atoms with Crippen molar-refractivity contribution in [3.8, 4) is 11.5 Å². The topological polar surface area (TPSA) is 90.7 Å². The number of carbonyl (C=O) groups is 2. The zero-order chi connectivity index (χ0) is 22.9. The van der Waals surface area contributed by atoms with Gasteiger partial charge in [0.15, 0.2) is 17.3 Å². The zero-order valence-corrected chi connectivity index (χ0v) is 18.6. The Morgan fingerprint density at radius 1 is 0.938 bits per heavy atom. The minimum Gasteiger partial charge on any atom is -0.490 e. The monoisotopic (exact) mass is 436 g/mol. The quantitative estimate of drug-likeness (QED) is 0.437. The summed E-state index contributed by atoms with van der Waals surface area (Å²) < 4.78 is 16.6. The molecule has 0 bridgehead atoms. The molecule has 32 heavy (non-hydrogen) atoms. The number of amides is 1. The third-order valence-corrected chi connectivity index (χ3v) is 4.65. The van der Waals surface area contributed by atoms with Crippen LogP contribution in [0.2, 0.25) is 0 Å². The molecule has 1 aromatic heterocycles. The molecule has 0 radical (unpaired) electrons. The zero-order valence-electron chi connectivity index (χ0n) is 18.6. The van der Waals surface area contributed by atoms with Crippen molar-refractivity contribution in [2.45, 2.75) is 40.2 Å². The Morgan fingerprint density at radius 2 is 1.62 bits per heavy atom. The van der Waals surface area contributed by atoms with Gasteiger partial charge in [-0.1, -0.05) is 37.2 Å². The third-order valence-electron chi connectivity index (χ3n) is 4.65. The van der Waals surface area contributed by atoms with Gasteiger partial charge in [-0.15, -0.1) is 0 Å². The van der Waals surface area contributed by atoms with E-state index in [9.17, 15) is 9.59 Å². The molecule has 0 fully saturated rings. The predicted octanol–water partition coefficient (Wildman–Crippen LogP) is 4.72. The lowest BCUT2D eigenvalue weighted by atomic mass is 9.97. The molecule has 0 saturated carbocycles. The van der Waals surface area contributed by atoms with E-state index in [0.717, 1.165) is 12.8 Å². The molecule has 0 atom stereocenters. The molecule has 0 aliphatic rings. The molecular formula is C25H28N2O5. The molecule has 0 spiro atoms. The highest BCUT2D eigenvalue weighted by molar-refractivity contribution is 6.15. The summed E-state index contributed by atoms with van der Waals surface area (Å²) in [6, 6.07) is 13.6. The van der Waals surface area contributed by atoms with Crippen LogP contribution in [0.25, 0.3) is 0 Å². The minimum atomic E-state index is -0.361. The molecule has 0 aliphatic carbocycles. The number of carbonyl (C=O) groups excluding carboxylic acids is 2. The van der Waals surface area contributed by atoms with Crippen LogP contribution in [-0.4, -0.2) is 30.1 Å². The van der Waals surface area contributed by atoms with Crippen molar-refractivity contribution in [3.05, 3.63) is 76.7 Å². The molecule has 1 heterocycles.